The molecule has 0 saturated carbocycles. The molecule has 92 valence electrons. The van der Waals surface area contributed by atoms with E-state index in [-0.39, 0.29) is 5.91 Å². The van der Waals surface area contributed by atoms with Crippen molar-refractivity contribution < 1.29 is 4.79 Å². The van der Waals surface area contributed by atoms with Crippen molar-refractivity contribution in [3.05, 3.63) is 54.4 Å². The number of carbonyl (C=O) groups is 1. The van der Waals surface area contributed by atoms with E-state index in [1.807, 2.05) is 30.3 Å². The fraction of sp³-hybridized carbons (Fsp3) is 0.143. The number of amides is 1. The summed E-state index contributed by atoms with van der Waals surface area (Å²) in [6.07, 6.45) is 3.26. The summed E-state index contributed by atoms with van der Waals surface area (Å²) in [4.78, 5) is 18.0. The Morgan fingerprint density at radius 3 is 2.61 bits per heavy atom. The Balaban J connectivity index is 2.32. The molecular weight excluding hydrogens is 226 g/mol. The van der Waals surface area contributed by atoms with Crippen LogP contribution in [0.15, 0.2) is 48.8 Å². The molecule has 0 fully saturated rings. The number of carbonyl (C=O) groups excluding carboxylic acids is 1. The minimum Gasteiger partial charge on any atom is -0.386 e. The Morgan fingerprint density at radius 1 is 1.22 bits per heavy atom. The van der Waals surface area contributed by atoms with Crippen molar-refractivity contribution in [3.8, 4) is 0 Å². The van der Waals surface area contributed by atoms with Crippen molar-refractivity contribution in [2.75, 3.05) is 24.3 Å². The zero-order valence-corrected chi connectivity index (χ0v) is 10.4. The van der Waals surface area contributed by atoms with Gasteiger partial charge in [-0.05, 0) is 18.2 Å². The van der Waals surface area contributed by atoms with Gasteiger partial charge < -0.3 is 10.2 Å². The SMILES string of the molecule is CNc1cnccc1C(=O)N(C)c1ccccc1. The van der Waals surface area contributed by atoms with Crippen LogP contribution in [0, 0.1) is 0 Å². The van der Waals surface area contributed by atoms with Crippen LogP contribution in [0.5, 0.6) is 0 Å². The summed E-state index contributed by atoms with van der Waals surface area (Å²) < 4.78 is 0. The van der Waals surface area contributed by atoms with E-state index in [1.165, 1.54) is 0 Å². The Bertz CT molecular complexity index is 540. The molecule has 1 N–H and O–H groups in total. The van der Waals surface area contributed by atoms with Crippen LogP contribution in [-0.4, -0.2) is 25.0 Å². The number of aromatic nitrogens is 1. The maximum atomic E-state index is 12.4. The zero-order valence-electron chi connectivity index (χ0n) is 10.4. The van der Waals surface area contributed by atoms with E-state index >= 15 is 0 Å². The fourth-order valence-electron chi connectivity index (χ4n) is 1.73. The first-order valence-electron chi connectivity index (χ1n) is 5.69. The zero-order chi connectivity index (χ0) is 13.0. The second-order valence-electron chi connectivity index (χ2n) is 3.87. The number of rotatable bonds is 3. The van der Waals surface area contributed by atoms with E-state index in [4.69, 9.17) is 0 Å². The molecule has 0 radical (unpaired) electrons. The van der Waals surface area contributed by atoms with Gasteiger partial charge in [0, 0.05) is 26.0 Å². The molecule has 2 aromatic rings. The molecule has 0 aliphatic rings. The van der Waals surface area contributed by atoms with Crippen LogP contribution < -0.4 is 10.2 Å². The van der Waals surface area contributed by atoms with E-state index < -0.39 is 0 Å². The molecule has 0 saturated heterocycles. The molecule has 0 aliphatic carbocycles. The van der Waals surface area contributed by atoms with Gasteiger partial charge in [0.05, 0.1) is 17.4 Å². The largest absolute Gasteiger partial charge is 0.386 e. The molecule has 0 unspecified atom stereocenters. The van der Waals surface area contributed by atoms with E-state index in [2.05, 4.69) is 10.3 Å². The molecule has 1 aromatic carbocycles. The highest BCUT2D eigenvalue weighted by Crippen LogP contribution is 2.19. The lowest BCUT2D eigenvalue weighted by molar-refractivity contribution is 0.0993. The average molecular weight is 241 g/mol. The van der Waals surface area contributed by atoms with Gasteiger partial charge >= 0.3 is 0 Å². The predicted molar refractivity (Wildman–Crippen MR) is 73.0 cm³/mol. The summed E-state index contributed by atoms with van der Waals surface area (Å²) in [5.41, 5.74) is 2.20. The average Bonchev–Trinajstić information content (AvgIpc) is 2.46. The fourth-order valence-corrected chi connectivity index (χ4v) is 1.73. The first-order valence-corrected chi connectivity index (χ1v) is 5.69. The molecule has 0 aliphatic heterocycles. The van der Waals surface area contributed by atoms with Gasteiger partial charge in [0.15, 0.2) is 0 Å². The van der Waals surface area contributed by atoms with Crippen molar-refractivity contribution in [1.29, 1.82) is 0 Å². The van der Waals surface area contributed by atoms with Gasteiger partial charge in [0.2, 0.25) is 0 Å². The number of pyridine rings is 1. The first kappa shape index (κ1) is 12.1. The van der Waals surface area contributed by atoms with Gasteiger partial charge in [0.25, 0.3) is 5.91 Å². The second kappa shape index (κ2) is 5.31. The lowest BCUT2D eigenvalue weighted by Crippen LogP contribution is -2.26. The van der Waals surface area contributed by atoms with Crippen LogP contribution >= 0.6 is 0 Å². The third kappa shape index (κ3) is 2.32. The normalized spacial score (nSPS) is 9.89. The maximum Gasteiger partial charge on any atom is 0.260 e. The van der Waals surface area contributed by atoms with Crippen LogP contribution in [-0.2, 0) is 0 Å². The predicted octanol–water partition coefficient (Wildman–Crippen LogP) is 2.40. The van der Waals surface area contributed by atoms with Crippen molar-refractivity contribution >= 4 is 17.3 Å². The van der Waals surface area contributed by atoms with Crippen molar-refractivity contribution in [3.63, 3.8) is 0 Å². The van der Waals surface area contributed by atoms with Crippen molar-refractivity contribution in [1.82, 2.24) is 4.98 Å². The number of benzene rings is 1. The van der Waals surface area contributed by atoms with Gasteiger partial charge in [-0.3, -0.25) is 9.78 Å². The number of nitrogens with one attached hydrogen (secondary N) is 1. The molecule has 18 heavy (non-hydrogen) atoms. The third-order valence-electron chi connectivity index (χ3n) is 2.77. The van der Waals surface area contributed by atoms with Crippen LogP contribution in [0.25, 0.3) is 0 Å². The van der Waals surface area contributed by atoms with Crippen molar-refractivity contribution in [2.24, 2.45) is 0 Å². The Morgan fingerprint density at radius 2 is 1.94 bits per heavy atom. The van der Waals surface area contributed by atoms with Gasteiger partial charge in [0.1, 0.15) is 0 Å². The Hall–Kier alpha value is -2.36. The summed E-state index contributed by atoms with van der Waals surface area (Å²) in [6.45, 7) is 0. The molecule has 2 rings (SSSR count). The summed E-state index contributed by atoms with van der Waals surface area (Å²) in [6, 6.07) is 11.3. The van der Waals surface area contributed by atoms with Crippen LogP contribution in [0.4, 0.5) is 11.4 Å². The highest BCUT2D eigenvalue weighted by Gasteiger charge is 2.16. The minimum absolute atomic E-state index is 0.0621. The van der Waals surface area contributed by atoms with Gasteiger partial charge in [-0.15, -0.1) is 0 Å². The summed E-state index contributed by atoms with van der Waals surface area (Å²) >= 11 is 0. The molecule has 4 nitrogen and oxygen atoms in total. The molecule has 0 bridgehead atoms. The number of anilines is 2. The molecule has 1 aromatic heterocycles. The highest BCUT2D eigenvalue weighted by atomic mass is 16.2. The number of hydrogen-bond acceptors (Lipinski definition) is 3. The number of para-hydroxylation sites is 1. The summed E-state index contributed by atoms with van der Waals surface area (Å²) in [5.74, 6) is -0.0621. The molecular formula is C14H15N3O. The van der Waals surface area contributed by atoms with Crippen LogP contribution in [0.2, 0.25) is 0 Å². The standard InChI is InChI=1S/C14H15N3O/c1-15-13-10-16-9-8-12(13)14(18)17(2)11-6-4-3-5-7-11/h3-10,15H,1-2H3. The van der Waals surface area contributed by atoms with Crippen LogP contribution in [0.3, 0.4) is 0 Å². The highest BCUT2D eigenvalue weighted by molar-refractivity contribution is 6.09. The van der Waals surface area contributed by atoms with E-state index in [0.717, 1.165) is 11.4 Å². The summed E-state index contributed by atoms with van der Waals surface area (Å²) in [7, 11) is 3.54. The molecule has 4 heteroatoms. The Kier molecular flexibility index (Phi) is 3.57. The van der Waals surface area contributed by atoms with Crippen LogP contribution in [0.1, 0.15) is 10.4 Å². The molecule has 0 atom stereocenters. The second-order valence-corrected chi connectivity index (χ2v) is 3.87. The first-order chi connectivity index (χ1) is 8.74. The number of nitrogens with zero attached hydrogens (tertiary/aromatic N) is 2. The number of hydrogen-bond donors (Lipinski definition) is 1. The minimum atomic E-state index is -0.0621. The lowest BCUT2D eigenvalue weighted by Gasteiger charge is -2.18. The van der Waals surface area contributed by atoms with Gasteiger partial charge in [-0.1, -0.05) is 18.2 Å². The monoisotopic (exact) mass is 241 g/mol. The molecule has 1 amide bonds. The Labute approximate surface area is 106 Å². The smallest absolute Gasteiger partial charge is 0.260 e. The van der Waals surface area contributed by atoms with E-state index in [0.29, 0.717) is 5.56 Å². The van der Waals surface area contributed by atoms with Gasteiger partial charge in [-0.2, -0.15) is 0 Å². The maximum absolute atomic E-state index is 12.4. The quantitative estimate of drug-likeness (QED) is 0.897. The van der Waals surface area contributed by atoms with Gasteiger partial charge in [-0.25, -0.2) is 0 Å². The van der Waals surface area contributed by atoms with E-state index in [9.17, 15) is 4.79 Å². The summed E-state index contributed by atoms with van der Waals surface area (Å²) in [5, 5.41) is 2.97. The van der Waals surface area contributed by atoms with E-state index in [1.54, 1.807) is 37.5 Å². The lowest BCUT2D eigenvalue weighted by atomic mass is 10.2. The third-order valence-corrected chi connectivity index (χ3v) is 2.77. The molecule has 0 spiro atoms. The van der Waals surface area contributed by atoms with Crippen molar-refractivity contribution in [2.45, 2.75) is 0 Å². The topological polar surface area (TPSA) is 45.2 Å². The molecule has 1 heterocycles.